The Kier molecular flexibility index (Phi) is 3.64. The van der Waals surface area contributed by atoms with Crippen LogP contribution in [0.1, 0.15) is 18.3 Å². The van der Waals surface area contributed by atoms with Crippen LogP contribution in [0, 0.1) is 0 Å². The van der Waals surface area contributed by atoms with Gasteiger partial charge in [0, 0.05) is 18.2 Å². The van der Waals surface area contributed by atoms with Crippen LogP contribution in [0.25, 0.3) is 11.0 Å². The van der Waals surface area contributed by atoms with Gasteiger partial charge in [-0.1, -0.05) is 42.3 Å². The van der Waals surface area contributed by atoms with Gasteiger partial charge in [-0.15, -0.1) is 0 Å². The highest BCUT2D eigenvalue weighted by Crippen LogP contribution is 2.23. The van der Waals surface area contributed by atoms with E-state index in [1.807, 2.05) is 18.2 Å². The van der Waals surface area contributed by atoms with Gasteiger partial charge in [-0.2, -0.15) is 0 Å². The van der Waals surface area contributed by atoms with Gasteiger partial charge in [0.25, 0.3) is 0 Å². The van der Waals surface area contributed by atoms with Crippen LogP contribution in [0.5, 0.6) is 0 Å². The summed E-state index contributed by atoms with van der Waals surface area (Å²) in [6, 6.07) is 9.77. The number of aryl methyl sites for hydroxylation is 1. The molecule has 0 aliphatic carbocycles. The van der Waals surface area contributed by atoms with Crippen molar-refractivity contribution in [1.29, 1.82) is 0 Å². The number of imidazole rings is 1. The molecule has 0 atom stereocenters. The first kappa shape index (κ1) is 13.4. The Bertz CT molecular complexity index is 765. The van der Waals surface area contributed by atoms with E-state index in [0.29, 0.717) is 16.7 Å². The van der Waals surface area contributed by atoms with Gasteiger partial charge >= 0.3 is 0 Å². The molecule has 0 aliphatic heterocycles. The maximum atomic E-state index is 6.23. The molecule has 0 saturated heterocycles. The molecule has 0 spiro atoms. The first-order valence-corrected chi connectivity index (χ1v) is 7.18. The summed E-state index contributed by atoms with van der Waals surface area (Å²) in [6.07, 6.45) is 2.59. The Balaban J connectivity index is 2.09. The van der Waals surface area contributed by atoms with Crippen molar-refractivity contribution in [3.05, 3.63) is 58.1 Å². The number of nitrogens with zero attached hydrogens (tertiary/aromatic N) is 3. The highest BCUT2D eigenvalue weighted by Gasteiger charge is 2.11. The zero-order valence-corrected chi connectivity index (χ0v) is 12.5. The van der Waals surface area contributed by atoms with E-state index >= 15 is 0 Å². The quantitative estimate of drug-likeness (QED) is 0.674. The number of hydrogen-bond donors (Lipinski definition) is 0. The summed E-state index contributed by atoms with van der Waals surface area (Å²) < 4.78 is 2.17. The average molecular weight is 306 g/mol. The molecule has 3 nitrogen and oxygen atoms in total. The molecule has 0 saturated carbocycles. The van der Waals surface area contributed by atoms with Crippen LogP contribution < -0.4 is 0 Å². The van der Waals surface area contributed by atoms with Crippen LogP contribution >= 0.6 is 23.2 Å². The Morgan fingerprint density at radius 3 is 2.75 bits per heavy atom. The Labute approximate surface area is 127 Å². The average Bonchev–Trinajstić information content (AvgIpc) is 2.80. The van der Waals surface area contributed by atoms with Crippen molar-refractivity contribution < 1.29 is 0 Å². The Morgan fingerprint density at radius 1 is 1.20 bits per heavy atom. The van der Waals surface area contributed by atoms with Crippen molar-refractivity contribution in [2.75, 3.05) is 0 Å². The Morgan fingerprint density at radius 2 is 2.00 bits per heavy atom. The number of benzene rings is 1. The third-order valence-electron chi connectivity index (χ3n) is 3.27. The second-order valence-corrected chi connectivity index (χ2v) is 5.35. The van der Waals surface area contributed by atoms with E-state index in [9.17, 15) is 0 Å². The molecular weight excluding hydrogens is 293 g/mol. The fourth-order valence-corrected chi connectivity index (χ4v) is 2.72. The van der Waals surface area contributed by atoms with E-state index in [1.54, 1.807) is 12.3 Å². The molecule has 0 amide bonds. The lowest BCUT2D eigenvalue weighted by Crippen LogP contribution is -2.05. The molecule has 0 radical (unpaired) electrons. The summed E-state index contributed by atoms with van der Waals surface area (Å²) in [5.74, 6) is 1.04. The fourth-order valence-electron chi connectivity index (χ4n) is 2.29. The molecule has 3 aromatic rings. The van der Waals surface area contributed by atoms with Crippen LogP contribution in [0.4, 0.5) is 0 Å². The van der Waals surface area contributed by atoms with Crippen molar-refractivity contribution >= 4 is 34.2 Å². The van der Waals surface area contributed by atoms with Gasteiger partial charge in [0.05, 0.1) is 22.6 Å². The predicted molar refractivity (Wildman–Crippen MR) is 82.5 cm³/mol. The van der Waals surface area contributed by atoms with Crippen LogP contribution in [0.15, 0.2) is 36.5 Å². The molecule has 0 N–H and O–H groups in total. The van der Waals surface area contributed by atoms with E-state index in [0.717, 1.165) is 28.8 Å². The minimum atomic E-state index is 0.407. The lowest BCUT2D eigenvalue weighted by atomic mass is 10.2. The normalized spacial score (nSPS) is 11.2. The number of aromatic nitrogens is 3. The van der Waals surface area contributed by atoms with Gasteiger partial charge in [0.2, 0.25) is 0 Å². The van der Waals surface area contributed by atoms with Crippen molar-refractivity contribution in [1.82, 2.24) is 14.5 Å². The van der Waals surface area contributed by atoms with Crippen LogP contribution in [0.2, 0.25) is 10.2 Å². The third-order valence-corrected chi connectivity index (χ3v) is 3.83. The number of para-hydroxylation sites is 2. The van der Waals surface area contributed by atoms with Crippen LogP contribution in [0.3, 0.4) is 0 Å². The summed E-state index contributed by atoms with van der Waals surface area (Å²) in [4.78, 5) is 8.75. The number of halogens is 2. The summed E-state index contributed by atoms with van der Waals surface area (Å²) in [6.45, 7) is 2.74. The summed E-state index contributed by atoms with van der Waals surface area (Å²) in [5, 5.41) is 1.04. The molecular formula is C15H13Cl2N3. The van der Waals surface area contributed by atoms with Crippen molar-refractivity contribution in [2.24, 2.45) is 0 Å². The van der Waals surface area contributed by atoms with Gasteiger partial charge in [-0.05, 0) is 18.2 Å². The molecule has 0 aliphatic rings. The van der Waals surface area contributed by atoms with E-state index < -0.39 is 0 Å². The molecule has 2 aromatic heterocycles. The van der Waals surface area contributed by atoms with Gasteiger partial charge in [-0.3, -0.25) is 0 Å². The molecule has 0 bridgehead atoms. The molecule has 0 unspecified atom stereocenters. The minimum Gasteiger partial charge on any atom is -0.323 e. The zero-order chi connectivity index (χ0) is 14.1. The largest absolute Gasteiger partial charge is 0.323 e. The molecule has 20 heavy (non-hydrogen) atoms. The van der Waals surface area contributed by atoms with E-state index in [4.69, 9.17) is 23.2 Å². The molecule has 5 heteroatoms. The fraction of sp³-hybridized carbons (Fsp3) is 0.200. The maximum absolute atomic E-state index is 6.23. The first-order chi connectivity index (χ1) is 9.69. The van der Waals surface area contributed by atoms with Crippen molar-refractivity contribution in [3.8, 4) is 0 Å². The Hall–Kier alpha value is -1.58. The zero-order valence-electron chi connectivity index (χ0n) is 11.0. The topological polar surface area (TPSA) is 30.7 Å². The van der Waals surface area contributed by atoms with Gasteiger partial charge in [0.15, 0.2) is 0 Å². The van der Waals surface area contributed by atoms with Gasteiger partial charge < -0.3 is 4.57 Å². The van der Waals surface area contributed by atoms with E-state index in [1.165, 1.54) is 0 Å². The molecule has 2 heterocycles. The lowest BCUT2D eigenvalue weighted by molar-refractivity contribution is 0.750. The summed E-state index contributed by atoms with van der Waals surface area (Å²) >= 11 is 12.1. The second-order valence-electron chi connectivity index (χ2n) is 4.55. The summed E-state index contributed by atoms with van der Waals surface area (Å²) in [5.41, 5.74) is 3.05. The first-order valence-electron chi connectivity index (χ1n) is 6.43. The SMILES string of the molecule is CCc1nc2ccccc2n1Cc1cnc(Cl)cc1Cl. The number of rotatable bonds is 3. The number of hydrogen-bond acceptors (Lipinski definition) is 2. The predicted octanol–water partition coefficient (Wildman–Crippen LogP) is 4.35. The summed E-state index contributed by atoms with van der Waals surface area (Å²) in [7, 11) is 0. The third kappa shape index (κ3) is 2.39. The van der Waals surface area contributed by atoms with Crippen LogP contribution in [-0.4, -0.2) is 14.5 Å². The highest BCUT2D eigenvalue weighted by molar-refractivity contribution is 6.34. The van der Waals surface area contributed by atoms with Gasteiger partial charge in [-0.25, -0.2) is 9.97 Å². The molecule has 102 valence electrons. The maximum Gasteiger partial charge on any atom is 0.130 e. The minimum absolute atomic E-state index is 0.407. The highest BCUT2D eigenvalue weighted by atomic mass is 35.5. The standard InChI is InChI=1S/C15H13Cl2N3/c1-2-15-19-12-5-3-4-6-13(12)20(15)9-10-8-18-14(17)7-11(10)16/h3-8H,2,9H2,1H3. The van der Waals surface area contributed by atoms with Crippen LogP contribution in [-0.2, 0) is 13.0 Å². The molecule has 1 aromatic carbocycles. The number of fused-ring (bicyclic) bond motifs is 1. The lowest BCUT2D eigenvalue weighted by Gasteiger charge is -2.09. The molecule has 0 fully saturated rings. The van der Waals surface area contributed by atoms with E-state index in [2.05, 4.69) is 27.5 Å². The smallest absolute Gasteiger partial charge is 0.130 e. The molecule has 3 rings (SSSR count). The van der Waals surface area contributed by atoms with E-state index in [-0.39, 0.29) is 0 Å². The number of pyridine rings is 1. The monoisotopic (exact) mass is 305 g/mol. The van der Waals surface area contributed by atoms with Crippen molar-refractivity contribution in [2.45, 2.75) is 19.9 Å². The van der Waals surface area contributed by atoms with Crippen molar-refractivity contribution in [3.63, 3.8) is 0 Å². The van der Waals surface area contributed by atoms with Gasteiger partial charge in [0.1, 0.15) is 11.0 Å². The second kappa shape index (κ2) is 5.43.